The lowest BCUT2D eigenvalue weighted by atomic mass is 10.2. The zero-order valence-corrected chi connectivity index (χ0v) is 15.8. The van der Waals surface area contributed by atoms with E-state index in [4.69, 9.17) is 9.15 Å². The number of ether oxygens (including phenoxy) is 1. The molecule has 0 atom stereocenters. The monoisotopic (exact) mass is 374 g/mol. The molecule has 0 aliphatic carbocycles. The van der Waals surface area contributed by atoms with Crippen LogP contribution in [0.3, 0.4) is 0 Å². The first-order chi connectivity index (χ1) is 13.7. The molecule has 28 heavy (non-hydrogen) atoms. The second kappa shape index (κ2) is 8.05. The predicted octanol–water partition coefficient (Wildman–Crippen LogP) is 3.76. The Morgan fingerprint density at radius 2 is 1.79 bits per heavy atom. The number of hydrogen-bond acceptors (Lipinski definition) is 6. The average molecular weight is 374 g/mol. The summed E-state index contributed by atoms with van der Waals surface area (Å²) in [7, 11) is 0. The number of anilines is 2. The normalized spacial score (nSPS) is 14.0. The van der Waals surface area contributed by atoms with Crippen molar-refractivity contribution in [1.29, 1.82) is 5.26 Å². The second-order valence-corrected chi connectivity index (χ2v) is 6.79. The molecule has 1 aliphatic rings. The van der Waals surface area contributed by atoms with Crippen LogP contribution in [0.4, 0.5) is 11.6 Å². The number of benzene rings is 2. The fourth-order valence-corrected chi connectivity index (χ4v) is 3.36. The molecule has 1 fully saturated rings. The quantitative estimate of drug-likeness (QED) is 0.677. The molecule has 0 saturated carbocycles. The van der Waals surface area contributed by atoms with Crippen molar-refractivity contribution in [2.75, 3.05) is 36.0 Å². The van der Waals surface area contributed by atoms with Crippen molar-refractivity contribution in [2.24, 2.45) is 0 Å². The summed E-state index contributed by atoms with van der Waals surface area (Å²) in [5, 5.41) is 9.46. The molecule has 2 heterocycles. The maximum atomic E-state index is 9.46. The maximum absolute atomic E-state index is 9.46. The van der Waals surface area contributed by atoms with E-state index in [-0.39, 0.29) is 6.61 Å². The zero-order valence-electron chi connectivity index (χ0n) is 15.8. The van der Waals surface area contributed by atoms with Crippen LogP contribution in [0, 0.1) is 18.3 Å². The van der Waals surface area contributed by atoms with Gasteiger partial charge in [-0.2, -0.15) is 10.2 Å². The van der Waals surface area contributed by atoms with Crippen molar-refractivity contribution >= 4 is 11.6 Å². The Hall–Kier alpha value is -3.46. The molecule has 0 spiro atoms. The third-order valence-corrected chi connectivity index (χ3v) is 4.80. The molecule has 0 radical (unpaired) electrons. The molecule has 6 nitrogen and oxygen atoms in total. The maximum Gasteiger partial charge on any atom is 0.236 e. The Balaban J connectivity index is 1.42. The van der Waals surface area contributed by atoms with Crippen LogP contribution in [0.2, 0.25) is 0 Å². The van der Waals surface area contributed by atoms with E-state index in [1.54, 1.807) is 0 Å². The SMILES string of the molecule is Cc1cccc(OCc2nc(C#N)c(N3CCN(c4ccccc4)CC3)o2)c1. The summed E-state index contributed by atoms with van der Waals surface area (Å²) >= 11 is 0. The molecule has 0 amide bonds. The van der Waals surface area contributed by atoms with Gasteiger partial charge in [-0.15, -0.1) is 0 Å². The number of rotatable bonds is 5. The van der Waals surface area contributed by atoms with E-state index in [9.17, 15) is 5.26 Å². The number of nitrogens with zero attached hydrogens (tertiary/aromatic N) is 4. The fourth-order valence-electron chi connectivity index (χ4n) is 3.36. The molecule has 1 saturated heterocycles. The van der Waals surface area contributed by atoms with E-state index in [1.165, 1.54) is 5.69 Å². The van der Waals surface area contributed by atoms with Crippen molar-refractivity contribution in [2.45, 2.75) is 13.5 Å². The standard InChI is InChI=1S/C22H22N4O2/c1-17-6-5-9-19(14-17)27-16-21-24-20(15-23)22(28-21)26-12-10-25(11-13-26)18-7-3-2-4-8-18/h2-9,14H,10-13,16H2,1H3. The first kappa shape index (κ1) is 17.9. The summed E-state index contributed by atoms with van der Waals surface area (Å²) in [6, 6.07) is 20.3. The van der Waals surface area contributed by atoms with Crippen LogP contribution in [0.1, 0.15) is 17.1 Å². The molecule has 1 aromatic heterocycles. The van der Waals surface area contributed by atoms with Gasteiger partial charge in [0.25, 0.3) is 0 Å². The Bertz CT molecular complexity index is 970. The molecule has 0 bridgehead atoms. The zero-order chi connectivity index (χ0) is 19.3. The number of para-hydroxylation sites is 1. The Kier molecular flexibility index (Phi) is 5.16. The summed E-state index contributed by atoms with van der Waals surface area (Å²) in [6.45, 7) is 5.49. The van der Waals surface area contributed by atoms with Gasteiger partial charge in [0, 0.05) is 31.9 Å². The second-order valence-electron chi connectivity index (χ2n) is 6.79. The lowest BCUT2D eigenvalue weighted by Crippen LogP contribution is -2.46. The van der Waals surface area contributed by atoms with Crippen molar-refractivity contribution in [1.82, 2.24) is 4.98 Å². The van der Waals surface area contributed by atoms with Gasteiger partial charge < -0.3 is 19.0 Å². The summed E-state index contributed by atoms with van der Waals surface area (Å²) in [5.41, 5.74) is 2.66. The first-order valence-electron chi connectivity index (χ1n) is 9.37. The molecular weight excluding hydrogens is 352 g/mol. The van der Waals surface area contributed by atoms with E-state index in [2.05, 4.69) is 33.0 Å². The van der Waals surface area contributed by atoms with Crippen LogP contribution in [0.5, 0.6) is 5.75 Å². The molecule has 4 rings (SSSR count). The smallest absolute Gasteiger partial charge is 0.236 e. The van der Waals surface area contributed by atoms with Gasteiger partial charge in [-0.3, -0.25) is 0 Å². The Morgan fingerprint density at radius 3 is 2.50 bits per heavy atom. The van der Waals surface area contributed by atoms with Crippen LogP contribution < -0.4 is 14.5 Å². The minimum absolute atomic E-state index is 0.197. The summed E-state index contributed by atoms with van der Waals surface area (Å²) < 4.78 is 11.6. The lowest BCUT2D eigenvalue weighted by molar-refractivity contribution is 0.263. The minimum atomic E-state index is 0.197. The highest BCUT2D eigenvalue weighted by atomic mass is 16.5. The third-order valence-electron chi connectivity index (χ3n) is 4.80. The largest absolute Gasteiger partial charge is 0.484 e. The lowest BCUT2D eigenvalue weighted by Gasteiger charge is -2.35. The number of aryl methyl sites for hydroxylation is 1. The highest BCUT2D eigenvalue weighted by molar-refractivity contribution is 5.52. The van der Waals surface area contributed by atoms with Gasteiger partial charge in [0.1, 0.15) is 11.8 Å². The predicted molar refractivity (Wildman–Crippen MR) is 108 cm³/mol. The van der Waals surface area contributed by atoms with Crippen molar-refractivity contribution in [3.63, 3.8) is 0 Å². The number of oxazole rings is 1. The highest BCUT2D eigenvalue weighted by Gasteiger charge is 2.24. The minimum Gasteiger partial charge on any atom is -0.484 e. The molecule has 2 aromatic carbocycles. The van der Waals surface area contributed by atoms with Crippen LogP contribution in [-0.4, -0.2) is 31.2 Å². The van der Waals surface area contributed by atoms with Crippen molar-refractivity contribution < 1.29 is 9.15 Å². The Labute approximate surface area is 164 Å². The molecule has 3 aromatic rings. The first-order valence-corrected chi connectivity index (χ1v) is 9.37. The van der Waals surface area contributed by atoms with Gasteiger partial charge in [0.05, 0.1) is 0 Å². The van der Waals surface area contributed by atoms with Crippen LogP contribution in [0.25, 0.3) is 0 Å². The van der Waals surface area contributed by atoms with Crippen LogP contribution >= 0.6 is 0 Å². The van der Waals surface area contributed by atoms with Gasteiger partial charge in [0.2, 0.25) is 17.5 Å². The van der Waals surface area contributed by atoms with Crippen molar-refractivity contribution in [3.8, 4) is 11.8 Å². The van der Waals surface area contributed by atoms with Gasteiger partial charge in [-0.1, -0.05) is 30.3 Å². The van der Waals surface area contributed by atoms with E-state index >= 15 is 0 Å². The summed E-state index contributed by atoms with van der Waals surface area (Å²) in [5.74, 6) is 1.71. The van der Waals surface area contributed by atoms with Gasteiger partial charge in [-0.25, -0.2) is 0 Å². The fraction of sp³-hybridized carbons (Fsp3) is 0.273. The average Bonchev–Trinajstić information content (AvgIpc) is 3.16. The highest BCUT2D eigenvalue weighted by Crippen LogP contribution is 2.25. The number of nitriles is 1. The van der Waals surface area contributed by atoms with Crippen LogP contribution in [0.15, 0.2) is 59.0 Å². The van der Waals surface area contributed by atoms with E-state index in [0.29, 0.717) is 17.5 Å². The topological polar surface area (TPSA) is 65.5 Å². The number of aromatic nitrogens is 1. The van der Waals surface area contributed by atoms with E-state index < -0.39 is 0 Å². The van der Waals surface area contributed by atoms with Crippen molar-refractivity contribution in [3.05, 3.63) is 71.7 Å². The summed E-state index contributed by atoms with van der Waals surface area (Å²) in [6.07, 6.45) is 0. The molecule has 142 valence electrons. The van der Waals surface area contributed by atoms with Gasteiger partial charge in [0.15, 0.2) is 6.61 Å². The molecular formula is C22H22N4O2. The molecule has 1 aliphatic heterocycles. The van der Waals surface area contributed by atoms with Gasteiger partial charge in [-0.05, 0) is 36.8 Å². The molecule has 6 heteroatoms. The molecule has 0 N–H and O–H groups in total. The van der Waals surface area contributed by atoms with E-state index in [0.717, 1.165) is 37.5 Å². The Morgan fingerprint density at radius 1 is 1.04 bits per heavy atom. The molecule has 0 unspecified atom stereocenters. The number of hydrogen-bond donors (Lipinski definition) is 0. The van der Waals surface area contributed by atoms with Crippen LogP contribution in [-0.2, 0) is 6.61 Å². The van der Waals surface area contributed by atoms with Gasteiger partial charge >= 0.3 is 0 Å². The third kappa shape index (κ3) is 3.94. The summed E-state index contributed by atoms with van der Waals surface area (Å²) in [4.78, 5) is 8.73. The number of piperazine rings is 1. The van der Waals surface area contributed by atoms with E-state index in [1.807, 2.05) is 49.4 Å².